The molecule has 0 spiro atoms. The molecule has 13 nitrogen and oxygen atoms in total. The van der Waals surface area contributed by atoms with Crippen LogP contribution in [0.5, 0.6) is 0 Å². The summed E-state index contributed by atoms with van der Waals surface area (Å²) in [5, 5.41) is 1.99. The van der Waals surface area contributed by atoms with Crippen molar-refractivity contribution in [3.63, 3.8) is 0 Å². The van der Waals surface area contributed by atoms with Crippen LogP contribution in [-0.4, -0.2) is 87.5 Å². The first-order chi connectivity index (χ1) is 28.6. The van der Waals surface area contributed by atoms with E-state index in [2.05, 4.69) is 27.7 Å². The van der Waals surface area contributed by atoms with Crippen molar-refractivity contribution in [2.24, 2.45) is 0 Å². The summed E-state index contributed by atoms with van der Waals surface area (Å²) >= 11 is 0. The van der Waals surface area contributed by atoms with Crippen molar-refractivity contribution in [3.8, 4) is 0 Å². The van der Waals surface area contributed by atoms with Gasteiger partial charge in [-0.3, -0.25) is 28.8 Å². The molecule has 60 heavy (non-hydrogen) atoms. The van der Waals surface area contributed by atoms with Crippen LogP contribution in [0.2, 0.25) is 0 Å². The second-order valence-electron chi connectivity index (χ2n) is 15.7. The summed E-state index contributed by atoms with van der Waals surface area (Å²) in [7, 11) is 0. The fourth-order valence-electron chi connectivity index (χ4n) is 6.17. The van der Waals surface area contributed by atoms with Crippen molar-refractivity contribution in [1.29, 1.82) is 0 Å². The Morgan fingerprint density at radius 3 is 0.817 bits per heavy atom. The van der Waals surface area contributed by atoms with E-state index in [1.54, 1.807) is 0 Å². The molecule has 0 aliphatic rings. The van der Waals surface area contributed by atoms with Gasteiger partial charge in [0, 0.05) is 38.5 Å². The topological polar surface area (TPSA) is 174 Å². The van der Waals surface area contributed by atoms with E-state index in [-0.39, 0.29) is 75.6 Å². The molecule has 0 unspecified atom stereocenters. The number of nitrogens with two attached hydrogens (primary N) is 1. The summed E-state index contributed by atoms with van der Waals surface area (Å²) in [6.45, 7) is 9.07. The van der Waals surface area contributed by atoms with Gasteiger partial charge in [-0.1, -0.05) is 130 Å². The molecule has 14 heteroatoms. The molecule has 0 aromatic rings. The van der Waals surface area contributed by atoms with Gasteiger partial charge < -0.3 is 46.1 Å². The standard InChI is InChI=1S/C46H83NO12.ClH/c1-5-9-13-17-21-27-41(48)54-35-39(36-55-42(49)28-22-18-14-10-6-2)58-45(52)31-25-33-47-34-26-32-46(53)59-40(37-56-43(50)29-23-19-15-11-7-3)38-57-44(51)30-24-20-16-12-8-4;/h39-40,47H,5-38H2,1-4H3;1H. The van der Waals surface area contributed by atoms with Crippen LogP contribution in [0, 0.1) is 0 Å². The lowest BCUT2D eigenvalue weighted by Gasteiger charge is -2.18. The van der Waals surface area contributed by atoms with Crippen LogP contribution in [-0.2, 0) is 57.2 Å². The van der Waals surface area contributed by atoms with Gasteiger partial charge in [0.2, 0.25) is 0 Å². The molecule has 0 aromatic heterocycles. The molecule has 0 aliphatic carbocycles. The second kappa shape index (κ2) is 44.1. The molecule has 0 saturated carbocycles. The summed E-state index contributed by atoms with van der Waals surface area (Å²) in [6.07, 6.45) is 20.7. The zero-order valence-electron chi connectivity index (χ0n) is 38.1. The fourth-order valence-corrected chi connectivity index (χ4v) is 6.17. The maximum Gasteiger partial charge on any atom is 0.306 e. The maximum absolute atomic E-state index is 12.7. The van der Waals surface area contributed by atoms with Gasteiger partial charge in [0.25, 0.3) is 0 Å². The number of hydrogen-bond acceptors (Lipinski definition) is 12. The van der Waals surface area contributed by atoms with E-state index >= 15 is 0 Å². The van der Waals surface area contributed by atoms with Crippen molar-refractivity contribution in [1.82, 2.24) is 0 Å². The molecule has 0 aromatic carbocycles. The van der Waals surface area contributed by atoms with Crippen LogP contribution in [0.1, 0.15) is 207 Å². The maximum atomic E-state index is 12.7. The van der Waals surface area contributed by atoms with Gasteiger partial charge in [0.1, 0.15) is 26.4 Å². The van der Waals surface area contributed by atoms with Crippen molar-refractivity contribution < 1.29 is 74.9 Å². The average Bonchev–Trinajstić information content (AvgIpc) is 3.22. The Kier molecular flexibility index (Phi) is 43.5. The monoisotopic (exact) mass is 878 g/mol. The van der Waals surface area contributed by atoms with Crippen LogP contribution in [0.3, 0.4) is 0 Å². The first-order valence-electron chi connectivity index (χ1n) is 23.5. The van der Waals surface area contributed by atoms with Gasteiger partial charge in [0.15, 0.2) is 12.2 Å². The van der Waals surface area contributed by atoms with Crippen molar-refractivity contribution >= 4 is 35.8 Å². The number of halogens is 1. The quantitative estimate of drug-likeness (QED) is 0.0461. The highest BCUT2D eigenvalue weighted by molar-refractivity contribution is 5.72. The van der Waals surface area contributed by atoms with Gasteiger partial charge in [0.05, 0.1) is 25.9 Å². The molecule has 0 saturated heterocycles. The molecule has 0 heterocycles. The molecule has 352 valence electrons. The van der Waals surface area contributed by atoms with Crippen LogP contribution >= 0.6 is 0 Å². The molecule has 0 atom stereocenters. The SMILES string of the molecule is CCCCCCCC(=O)OCC(COC(=O)CCCCCCC)OC(=O)CCC[NH2+]CCCC(=O)OC(COC(=O)CCCCCCC)COC(=O)CCCCCCC.[Cl-]. The van der Waals surface area contributed by atoms with Gasteiger partial charge in [-0.2, -0.15) is 0 Å². The van der Waals surface area contributed by atoms with Crippen LogP contribution in [0.25, 0.3) is 0 Å². The lowest BCUT2D eigenvalue weighted by molar-refractivity contribution is -0.655. The third-order valence-corrected chi connectivity index (χ3v) is 9.83. The molecular formula is C46H84ClNO12. The molecule has 0 bridgehead atoms. The minimum atomic E-state index is -0.882. The van der Waals surface area contributed by atoms with Crippen LogP contribution in [0.4, 0.5) is 0 Å². The Labute approximate surface area is 369 Å². The lowest BCUT2D eigenvalue weighted by Crippen LogP contribution is -3.00. The number of quaternary nitrogens is 1. The van der Waals surface area contributed by atoms with Crippen LogP contribution in [0.15, 0.2) is 0 Å². The van der Waals surface area contributed by atoms with E-state index in [1.165, 1.54) is 0 Å². The van der Waals surface area contributed by atoms with Crippen molar-refractivity contribution in [2.75, 3.05) is 39.5 Å². The number of unbranched alkanes of at least 4 members (excludes halogenated alkanes) is 16. The van der Waals surface area contributed by atoms with E-state index < -0.39 is 24.1 Å². The molecule has 0 fully saturated rings. The number of rotatable bonds is 42. The van der Waals surface area contributed by atoms with E-state index in [0.29, 0.717) is 51.6 Å². The van der Waals surface area contributed by atoms with Crippen molar-refractivity contribution in [2.45, 2.75) is 220 Å². The Hall–Kier alpha value is -2.93. The Morgan fingerprint density at radius 2 is 0.567 bits per heavy atom. The Balaban J connectivity index is 0. The Bertz CT molecular complexity index is 950. The normalized spacial score (nSPS) is 10.9. The minimum Gasteiger partial charge on any atom is -1.00 e. The smallest absolute Gasteiger partial charge is 0.306 e. The summed E-state index contributed by atoms with van der Waals surface area (Å²) in [4.78, 5) is 74.6. The second-order valence-corrected chi connectivity index (χ2v) is 15.7. The minimum absolute atomic E-state index is 0. The summed E-state index contributed by atoms with van der Waals surface area (Å²) in [5.74, 6) is -2.40. The van der Waals surface area contributed by atoms with Gasteiger partial charge in [-0.05, 0) is 25.7 Å². The third-order valence-electron chi connectivity index (χ3n) is 9.83. The first kappa shape index (κ1) is 59.2. The number of hydrogen-bond donors (Lipinski definition) is 1. The Morgan fingerprint density at radius 1 is 0.333 bits per heavy atom. The summed E-state index contributed by atoms with van der Waals surface area (Å²) in [6, 6.07) is 0. The largest absolute Gasteiger partial charge is 1.00 e. The van der Waals surface area contributed by atoms with Crippen molar-refractivity contribution in [3.05, 3.63) is 0 Å². The van der Waals surface area contributed by atoms with E-state index in [4.69, 9.17) is 28.4 Å². The summed E-state index contributed by atoms with van der Waals surface area (Å²) < 4.78 is 32.7. The first-order valence-corrected chi connectivity index (χ1v) is 23.5. The number of esters is 6. The lowest BCUT2D eigenvalue weighted by atomic mass is 10.1. The molecular weight excluding hydrogens is 794 g/mol. The predicted molar refractivity (Wildman–Crippen MR) is 227 cm³/mol. The van der Waals surface area contributed by atoms with E-state index in [9.17, 15) is 28.8 Å². The fraction of sp³-hybridized carbons (Fsp3) is 0.870. The summed E-state index contributed by atoms with van der Waals surface area (Å²) in [5.41, 5.74) is 0. The molecule has 0 rings (SSSR count). The molecule has 0 radical (unpaired) electrons. The van der Waals surface area contributed by atoms with E-state index in [0.717, 1.165) is 128 Å². The molecule has 0 aliphatic heterocycles. The highest BCUT2D eigenvalue weighted by Gasteiger charge is 2.21. The predicted octanol–water partition coefficient (Wildman–Crippen LogP) is 5.55. The zero-order valence-corrected chi connectivity index (χ0v) is 38.8. The highest BCUT2D eigenvalue weighted by atomic mass is 35.5. The number of carbonyl (C=O) groups is 6. The highest BCUT2D eigenvalue weighted by Crippen LogP contribution is 2.11. The number of carbonyl (C=O) groups excluding carboxylic acids is 6. The van der Waals surface area contributed by atoms with Gasteiger partial charge in [-0.15, -0.1) is 0 Å². The van der Waals surface area contributed by atoms with Gasteiger partial charge >= 0.3 is 35.8 Å². The zero-order chi connectivity index (χ0) is 43.6. The molecule has 2 N–H and O–H groups in total. The number of ether oxygens (including phenoxy) is 6. The van der Waals surface area contributed by atoms with E-state index in [1.807, 2.05) is 5.32 Å². The van der Waals surface area contributed by atoms with Crippen LogP contribution < -0.4 is 17.7 Å². The van der Waals surface area contributed by atoms with Gasteiger partial charge in [-0.25, -0.2) is 0 Å². The third kappa shape index (κ3) is 40.5. The molecule has 0 amide bonds. The average molecular weight is 879 g/mol.